The highest BCUT2D eigenvalue weighted by Crippen LogP contribution is 2.42. The fourth-order valence-corrected chi connectivity index (χ4v) is 3.48. The predicted octanol–water partition coefficient (Wildman–Crippen LogP) is 6.28. The Labute approximate surface area is 157 Å². The van der Waals surface area contributed by atoms with Gasteiger partial charge in [-0.15, -0.1) is 0 Å². The van der Waals surface area contributed by atoms with Crippen LogP contribution < -0.4 is 4.74 Å². The van der Waals surface area contributed by atoms with Crippen LogP contribution in [0.2, 0.25) is 0 Å². The third-order valence-corrected chi connectivity index (χ3v) is 4.82. The largest absolute Gasteiger partial charge is 0.497 e. The van der Waals surface area contributed by atoms with E-state index in [2.05, 4.69) is 36.4 Å². The number of nitrogens with zero attached hydrogens (tertiary/aromatic N) is 1. The minimum atomic E-state index is 0.656. The maximum absolute atomic E-state index is 6.22. The van der Waals surface area contributed by atoms with Crippen LogP contribution in [0, 0.1) is 0 Å². The number of fused-ring (bicyclic) bond motifs is 3. The Hall–Kier alpha value is -3.59. The van der Waals surface area contributed by atoms with Gasteiger partial charge in [-0.1, -0.05) is 48.5 Å². The topological polar surface area (TPSA) is 35.3 Å². The van der Waals surface area contributed by atoms with Gasteiger partial charge in [0, 0.05) is 10.9 Å². The van der Waals surface area contributed by atoms with Crippen molar-refractivity contribution in [3.8, 4) is 39.7 Å². The van der Waals surface area contributed by atoms with E-state index in [4.69, 9.17) is 14.1 Å². The van der Waals surface area contributed by atoms with Crippen LogP contribution in [0.25, 0.3) is 44.8 Å². The van der Waals surface area contributed by atoms with E-state index in [1.165, 1.54) is 0 Å². The number of hydrogen-bond acceptors (Lipinski definition) is 3. The first-order valence-electron chi connectivity index (χ1n) is 8.85. The highest BCUT2D eigenvalue weighted by Gasteiger charge is 2.21. The van der Waals surface area contributed by atoms with Crippen molar-refractivity contribution in [1.82, 2.24) is 4.98 Å². The molecule has 0 fully saturated rings. The monoisotopic (exact) mass is 351 g/mol. The summed E-state index contributed by atoms with van der Waals surface area (Å²) in [7, 11) is 1.67. The molecular weight excluding hydrogens is 334 g/mol. The molecule has 3 aromatic carbocycles. The summed E-state index contributed by atoms with van der Waals surface area (Å²) in [5.74, 6) is 2.26. The van der Waals surface area contributed by atoms with Gasteiger partial charge < -0.3 is 9.15 Å². The fraction of sp³-hybridized carbons (Fsp3) is 0.0417. The lowest BCUT2D eigenvalue weighted by Crippen LogP contribution is -1.89. The fourth-order valence-electron chi connectivity index (χ4n) is 3.48. The average molecular weight is 351 g/mol. The minimum absolute atomic E-state index is 0.656. The average Bonchev–Trinajstić information content (AvgIpc) is 3.12. The van der Waals surface area contributed by atoms with Gasteiger partial charge in [-0.3, -0.25) is 0 Å². The number of hydrogen-bond donors (Lipinski definition) is 0. The van der Waals surface area contributed by atoms with Crippen LogP contribution in [0.5, 0.6) is 5.75 Å². The Kier molecular flexibility index (Phi) is 3.65. The van der Waals surface area contributed by atoms with E-state index in [1.807, 2.05) is 48.5 Å². The number of ether oxygens (including phenoxy) is 1. The molecule has 27 heavy (non-hydrogen) atoms. The van der Waals surface area contributed by atoms with Crippen LogP contribution in [0.1, 0.15) is 0 Å². The normalized spacial score (nSPS) is 11.1. The lowest BCUT2D eigenvalue weighted by molar-refractivity contribution is 0.415. The van der Waals surface area contributed by atoms with E-state index in [9.17, 15) is 0 Å². The molecule has 5 rings (SSSR count). The maximum Gasteiger partial charge on any atom is 0.228 e. The first-order chi connectivity index (χ1) is 13.3. The van der Waals surface area contributed by atoms with Crippen LogP contribution in [0.4, 0.5) is 0 Å². The van der Waals surface area contributed by atoms with Gasteiger partial charge in [0.1, 0.15) is 11.5 Å². The second-order valence-corrected chi connectivity index (χ2v) is 6.43. The first kappa shape index (κ1) is 15.6. The summed E-state index contributed by atoms with van der Waals surface area (Å²) < 4.78 is 11.5. The number of methoxy groups -OCH3 is 1. The van der Waals surface area contributed by atoms with Gasteiger partial charge in [-0.2, -0.15) is 0 Å². The zero-order chi connectivity index (χ0) is 18.2. The molecule has 0 saturated carbocycles. The molecule has 3 aromatic rings. The molecule has 0 bridgehead atoms. The molecule has 3 nitrogen and oxygen atoms in total. The van der Waals surface area contributed by atoms with E-state index in [0.29, 0.717) is 5.89 Å². The predicted molar refractivity (Wildman–Crippen MR) is 108 cm³/mol. The van der Waals surface area contributed by atoms with Crippen LogP contribution in [0.3, 0.4) is 0 Å². The SMILES string of the molecule is COc1ccc(-c2cc(-c3ccccc3)c3c4ccccc4nc-3o2)cc1. The van der Waals surface area contributed by atoms with E-state index in [1.54, 1.807) is 7.11 Å². The van der Waals surface area contributed by atoms with Crippen molar-refractivity contribution < 1.29 is 9.15 Å². The van der Waals surface area contributed by atoms with Crippen molar-refractivity contribution in [2.45, 2.75) is 0 Å². The van der Waals surface area contributed by atoms with Crippen molar-refractivity contribution in [3.63, 3.8) is 0 Å². The van der Waals surface area contributed by atoms with E-state index in [-0.39, 0.29) is 0 Å². The van der Waals surface area contributed by atoms with Crippen molar-refractivity contribution in [1.29, 1.82) is 0 Å². The summed E-state index contributed by atoms with van der Waals surface area (Å²) in [6.45, 7) is 0. The minimum Gasteiger partial charge on any atom is -0.497 e. The van der Waals surface area contributed by atoms with E-state index < -0.39 is 0 Å². The molecule has 3 heteroatoms. The molecule has 0 saturated heterocycles. The summed E-state index contributed by atoms with van der Waals surface area (Å²) in [6.07, 6.45) is 0. The third kappa shape index (κ3) is 2.64. The molecular formula is C24H17NO2. The second kappa shape index (κ2) is 6.29. The first-order valence-corrected chi connectivity index (χ1v) is 8.85. The van der Waals surface area contributed by atoms with Crippen LogP contribution in [0.15, 0.2) is 89.3 Å². The highest BCUT2D eigenvalue weighted by atomic mass is 16.5. The molecule has 130 valence electrons. The standard InChI is InChI=1S/C24H17NO2/c1-26-18-13-11-17(12-14-18)22-15-20(16-7-3-2-4-8-16)23-19-9-5-6-10-21(19)25-24(23)27-22/h2-15H,1H3. The van der Waals surface area contributed by atoms with E-state index >= 15 is 0 Å². The third-order valence-electron chi connectivity index (χ3n) is 4.82. The molecule has 0 amide bonds. The van der Waals surface area contributed by atoms with Crippen LogP contribution in [-0.2, 0) is 0 Å². The summed E-state index contributed by atoms with van der Waals surface area (Å²) in [5, 5.41) is 1.11. The number of rotatable bonds is 3. The van der Waals surface area contributed by atoms with Crippen LogP contribution >= 0.6 is 0 Å². The highest BCUT2D eigenvalue weighted by molar-refractivity contribution is 6.03. The van der Waals surface area contributed by atoms with Gasteiger partial charge in [0.15, 0.2) is 0 Å². The molecule has 0 N–H and O–H groups in total. The smallest absolute Gasteiger partial charge is 0.228 e. The molecule has 0 atom stereocenters. The molecule has 2 heterocycles. The Bertz CT molecular complexity index is 1190. The number of para-hydroxylation sites is 1. The number of benzene rings is 3. The van der Waals surface area contributed by atoms with Crippen molar-refractivity contribution >= 4 is 10.9 Å². The molecule has 0 radical (unpaired) electrons. The summed E-state index contributed by atoms with van der Waals surface area (Å²) in [5.41, 5.74) is 5.25. The van der Waals surface area contributed by atoms with Gasteiger partial charge >= 0.3 is 0 Å². The van der Waals surface area contributed by atoms with Gasteiger partial charge in [-0.05, 0) is 47.5 Å². The van der Waals surface area contributed by atoms with Crippen molar-refractivity contribution in [3.05, 3.63) is 84.9 Å². The summed E-state index contributed by atoms with van der Waals surface area (Å²) in [4.78, 5) is 4.73. The van der Waals surface area contributed by atoms with Gasteiger partial charge in [0.2, 0.25) is 5.89 Å². The molecule has 0 aliphatic carbocycles. The lowest BCUT2D eigenvalue weighted by atomic mass is 9.97. The van der Waals surface area contributed by atoms with Crippen molar-refractivity contribution in [2.75, 3.05) is 7.11 Å². The molecule has 0 unspecified atom stereocenters. The Morgan fingerprint density at radius 1 is 0.778 bits per heavy atom. The lowest BCUT2D eigenvalue weighted by Gasteiger charge is -2.11. The Balaban J connectivity index is 1.81. The molecule has 2 aliphatic rings. The zero-order valence-electron chi connectivity index (χ0n) is 14.8. The van der Waals surface area contributed by atoms with Gasteiger partial charge in [-0.25, -0.2) is 4.98 Å². The summed E-state index contributed by atoms with van der Waals surface area (Å²) in [6, 6.07) is 28.5. The molecule has 0 spiro atoms. The zero-order valence-corrected chi connectivity index (χ0v) is 14.8. The maximum atomic E-state index is 6.22. The van der Waals surface area contributed by atoms with E-state index in [0.717, 1.165) is 44.7 Å². The van der Waals surface area contributed by atoms with Gasteiger partial charge in [0.25, 0.3) is 0 Å². The molecule has 2 aliphatic heterocycles. The van der Waals surface area contributed by atoms with Gasteiger partial charge in [0.05, 0.1) is 18.2 Å². The second-order valence-electron chi connectivity index (χ2n) is 6.43. The molecule has 0 aromatic heterocycles. The summed E-state index contributed by atoms with van der Waals surface area (Å²) >= 11 is 0. The number of aromatic nitrogens is 1. The Morgan fingerprint density at radius 3 is 2.30 bits per heavy atom. The van der Waals surface area contributed by atoms with Crippen LogP contribution in [-0.4, -0.2) is 12.1 Å². The quantitative estimate of drug-likeness (QED) is 0.384. The Morgan fingerprint density at radius 2 is 1.52 bits per heavy atom. The van der Waals surface area contributed by atoms with Crippen molar-refractivity contribution in [2.24, 2.45) is 0 Å².